The number of amides is 1. The van der Waals surface area contributed by atoms with E-state index in [0.717, 1.165) is 17.7 Å². The third kappa shape index (κ3) is 5.66. The maximum atomic E-state index is 12.9. The van der Waals surface area contributed by atoms with Crippen LogP contribution in [-0.2, 0) is 20.7 Å². The van der Waals surface area contributed by atoms with Crippen molar-refractivity contribution in [1.29, 1.82) is 0 Å². The van der Waals surface area contributed by atoms with Crippen LogP contribution in [0.15, 0.2) is 5.16 Å². The quantitative estimate of drug-likeness (QED) is 0.443. The molecule has 31 heavy (non-hydrogen) atoms. The van der Waals surface area contributed by atoms with Crippen LogP contribution in [0.4, 0.5) is 13.2 Å². The van der Waals surface area contributed by atoms with Crippen LogP contribution in [0.25, 0.3) is 5.78 Å². The van der Waals surface area contributed by atoms with E-state index < -0.39 is 37.2 Å². The maximum Gasteiger partial charge on any atom is 0.406 e. The Morgan fingerprint density at radius 3 is 2.55 bits per heavy atom. The molecule has 0 unspecified atom stereocenters. The van der Waals surface area contributed by atoms with E-state index >= 15 is 0 Å². The predicted octanol–water partition coefficient (Wildman–Crippen LogP) is 2.74. The summed E-state index contributed by atoms with van der Waals surface area (Å²) in [6.07, 6.45) is -1.29. The number of carbonyl (C=O) groups is 2. The van der Waals surface area contributed by atoms with Crippen molar-refractivity contribution in [3.05, 3.63) is 17.0 Å². The number of rotatable bonds is 8. The number of hydrogen-bond donors (Lipinski definition) is 0. The Labute approximate surface area is 181 Å². The first-order chi connectivity index (χ1) is 14.5. The number of fused-ring (bicyclic) bond motifs is 1. The number of thioether (sulfide) groups is 1. The van der Waals surface area contributed by atoms with Crippen LogP contribution in [0.2, 0.25) is 0 Å². The summed E-state index contributed by atoms with van der Waals surface area (Å²) in [6, 6.07) is -0.554. The summed E-state index contributed by atoms with van der Waals surface area (Å²) in [6.45, 7) is 2.98. The van der Waals surface area contributed by atoms with Crippen LogP contribution >= 0.6 is 11.8 Å². The van der Waals surface area contributed by atoms with Crippen molar-refractivity contribution in [2.24, 2.45) is 5.92 Å². The molecule has 2 aromatic heterocycles. The maximum absolute atomic E-state index is 12.9. The smallest absolute Gasteiger partial charge is 0.406 e. The lowest BCUT2D eigenvalue weighted by Crippen LogP contribution is -2.47. The molecule has 170 valence electrons. The second-order valence-corrected chi connectivity index (χ2v) is 8.40. The highest BCUT2D eigenvalue weighted by Crippen LogP contribution is 2.36. The van der Waals surface area contributed by atoms with Crippen LogP contribution in [0.3, 0.4) is 0 Å². The minimum Gasteiger partial charge on any atom is -0.455 e. The average molecular weight is 459 g/mol. The fourth-order valence-electron chi connectivity index (χ4n) is 3.44. The van der Waals surface area contributed by atoms with E-state index in [2.05, 4.69) is 15.1 Å². The lowest BCUT2D eigenvalue weighted by molar-refractivity contribution is -0.170. The molecule has 8 nitrogen and oxygen atoms in total. The molecule has 1 fully saturated rings. The van der Waals surface area contributed by atoms with E-state index in [1.54, 1.807) is 20.8 Å². The molecule has 0 spiro atoms. The van der Waals surface area contributed by atoms with Crippen LogP contribution in [-0.4, -0.2) is 68.0 Å². The van der Waals surface area contributed by atoms with Crippen molar-refractivity contribution < 1.29 is 27.5 Å². The zero-order chi connectivity index (χ0) is 22.9. The van der Waals surface area contributed by atoms with Crippen LogP contribution in [0, 0.1) is 19.8 Å². The Kier molecular flexibility index (Phi) is 6.77. The first-order valence-corrected chi connectivity index (χ1v) is 11.0. The minimum atomic E-state index is -4.52. The molecule has 1 atom stereocenters. The third-order valence-electron chi connectivity index (χ3n) is 5.36. The molecule has 2 heterocycles. The summed E-state index contributed by atoms with van der Waals surface area (Å²) in [5.41, 5.74) is 1.79. The van der Waals surface area contributed by atoms with Crippen molar-refractivity contribution in [2.45, 2.75) is 57.4 Å². The molecule has 1 amide bonds. The number of carbonyl (C=O) groups excluding carboxylic acids is 2. The van der Waals surface area contributed by atoms with Gasteiger partial charge in [0.25, 0.3) is 11.7 Å². The Hall–Kier alpha value is -2.37. The Morgan fingerprint density at radius 1 is 1.29 bits per heavy atom. The second kappa shape index (κ2) is 9.01. The fourth-order valence-corrected chi connectivity index (χ4v) is 3.77. The van der Waals surface area contributed by atoms with Gasteiger partial charge in [-0.1, -0.05) is 11.8 Å². The summed E-state index contributed by atoms with van der Waals surface area (Å²) in [5, 5.41) is 4.84. The normalized spacial score (nSPS) is 15.2. The van der Waals surface area contributed by atoms with Crippen LogP contribution < -0.4 is 0 Å². The summed E-state index contributed by atoms with van der Waals surface area (Å²) < 4.78 is 45.3. The van der Waals surface area contributed by atoms with Gasteiger partial charge in [-0.2, -0.15) is 18.2 Å². The van der Waals surface area contributed by atoms with Crippen molar-refractivity contribution in [2.75, 3.05) is 19.4 Å². The molecule has 12 heteroatoms. The molecular formula is C19H24F3N5O3S. The SMILES string of the molecule is CSc1nc2nc(C)c(CC(=O)OCC(=O)N(CC(F)(F)F)[C@@H](C)C3CC3)c(C)n2n1. The fraction of sp³-hybridized carbons (Fsp3) is 0.632. The highest BCUT2D eigenvalue weighted by atomic mass is 32.2. The van der Waals surface area contributed by atoms with E-state index in [1.807, 2.05) is 6.26 Å². The highest BCUT2D eigenvalue weighted by molar-refractivity contribution is 7.98. The number of nitrogens with zero attached hydrogens (tertiary/aromatic N) is 5. The lowest BCUT2D eigenvalue weighted by Gasteiger charge is -2.30. The summed E-state index contributed by atoms with van der Waals surface area (Å²) in [7, 11) is 0. The van der Waals surface area contributed by atoms with E-state index in [4.69, 9.17) is 4.74 Å². The van der Waals surface area contributed by atoms with Crippen LogP contribution in [0.1, 0.15) is 36.7 Å². The Bertz CT molecular complexity index is 990. The molecule has 1 saturated carbocycles. The standard InChI is InChI=1S/C19H24F3N5O3S/c1-10-14(12(3)27-17(23-10)24-18(25-27)31-4)7-16(29)30-8-15(28)26(9-19(20,21)22)11(2)13-5-6-13/h11,13H,5-9H2,1-4H3/t11-/m0/s1. The Morgan fingerprint density at radius 2 is 1.97 bits per heavy atom. The van der Waals surface area contributed by atoms with Gasteiger partial charge in [0.05, 0.1) is 6.42 Å². The molecule has 1 aliphatic rings. The molecule has 0 N–H and O–H groups in total. The van der Waals surface area contributed by atoms with Gasteiger partial charge in [0, 0.05) is 23.0 Å². The van der Waals surface area contributed by atoms with Gasteiger partial charge < -0.3 is 9.64 Å². The molecular weight excluding hydrogens is 435 g/mol. The summed E-state index contributed by atoms with van der Waals surface area (Å²) >= 11 is 1.36. The highest BCUT2D eigenvalue weighted by Gasteiger charge is 2.40. The van der Waals surface area contributed by atoms with Gasteiger partial charge in [0.1, 0.15) is 6.54 Å². The third-order valence-corrected chi connectivity index (χ3v) is 5.89. The number of hydrogen-bond acceptors (Lipinski definition) is 7. The van der Waals surface area contributed by atoms with Gasteiger partial charge >= 0.3 is 12.1 Å². The number of aryl methyl sites for hydroxylation is 2. The number of aromatic nitrogens is 4. The van der Waals surface area contributed by atoms with Crippen molar-refractivity contribution >= 4 is 29.4 Å². The van der Waals surface area contributed by atoms with Crippen LogP contribution in [0.5, 0.6) is 0 Å². The van der Waals surface area contributed by atoms with E-state index in [9.17, 15) is 22.8 Å². The minimum absolute atomic E-state index is 0.0546. The molecule has 3 rings (SSSR count). The number of alkyl halides is 3. The monoisotopic (exact) mass is 459 g/mol. The van der Waals surface area contributed by atoms with Gasteiger partial charge in [0.15, 0.2) is 6.61 Å². The van der Waals surface area contributed by atoms with Gasteiger partial charge in [-0.15, -0.1) is 5.10 Å². The Balaban J connectivity index is 1.66. The zero-order valence-corrected chi connectivity index (χ0v) is 18.5. The number of ether oxygens (including phenoxy) is 1. The lowest BCUT2D eigenvalue weighted by atomic mass is 10.1. The number of halogens is 3. The second-order valence-electron chi connectivity index (χ2n) is 7.62. The predicted molar refractivity (Wildman–Crippen MR) is 107 cm³/mol. The van der Waals surface area contributed by atoms with E-state index in [0.29, 0.717) is 27.9 Å². The van der Waals surface area contributed by atoms with Gasteiger partial charge in [-0.05, 0) is 45.8 Å². The molecule has 0 aromatic carbocycles. The van der Waals surface area contributed by atoms with Crippen molar-refractivity contribution in [3.63, 3.8) is 0 Å². The van der Waals surface area contributed by atoms with E-state index in [1.165, 1.54) is 16.3 Å². The van der Waals surface area contributed by atoms with Gasteiger partial charge in [0.2, 0.25) is 5.16 Å². The van der Waals surface area contributed by atoms with Gasteiger partial charge in [-0.25, -0.2) is 9.50 Å². The molecule has 0 saturated heterocycles. The van der Waals surface area contributed by atoms with E-state index in [-0.39, 0.29) is 12.3 Å². The molecule has 1 aliphatic carbocycles. The average Bonchev–Trinajstić information content (AvgIpc) is 3.46. The zero-order valence-electron chi connectivity index (χ0n) is 17.7. The molecule has 0 bridgehead atoms. The first-order valence-electron chi connectivity index (χ1n) is 9.79. The van der Waals surface area contributed by atoms with Crippen molar-refractivity contribution in [1.82, 2.24) is 24.5 Å². The largest absolute Gasteiger partial charge is 0.455 e. The first kappa shape index (κ1) is 23.3. The number of esters is 1. The van der Waals surface area contributed by atoms with Crippen molar-refractivity contribution in [3.8, 4) is 0 Å². The summed E-state index contributed by atoms with van der Waals surface area (Å²) in [4.78, 5) is 34.1. The summed E-state index contributed by atoms with van der Waals surface area (Å²) in [5.74, 6) is -1.12. The molecule has 0 aliphatic heterocycles. The van der Waals surface area contributed by atoms with Gasteiger partial charge in [-0.3, -0.25) is 9.59 Å². The molecule has 0 radical (unpaired) electrons. The topological polar surface area (TPSA) is 89.7 Å². The molecule has 2 aromatic rings.